The molecule has 5 nitrogen and oxygen atoms in total. The minimum atomic E-state index is 0.370. The number of nitrogens with zero attached hydrogens (tertiary/aromatic N) is 2. The van der Waals surface area contributed by atoms with Gasteiger partial charge in [0.1, 0.15) is 5.75 Å². The lowest BCUT2D eigenvalue weighted by atomic mass is 10.1. The van der Waals surface area contributed by atoms with Crippen molar-refractivity contribution in [3.05, 3.63) is 40.6 Å². The fourth-order valence-corrected chi connectivity index (χ4v) is 3.00. The zero-order chi connectivity index (χ0) is 16.1. The number of hydrogen-bond acceptors (Lipinski definition) is 5. The van der Waals surface area contributed by atoms with E-state index in [2.05, 4.69) is 31.2 Å². The lowest BCUT2D eigenvalue weighted by Gasteiger charge is -2.11. The van der Waals surface area contributed by atoms with Crippen LogP contribution in [0.1, 0.15) is 25.0 Å². The maximum absolute atomic E-state index is 5.68. The molecule has 1 aromatic carbocycles. The second kappa shape index (κ2) is 7.75. The number of methoxy groups -OCH3 is 1. The summed E-state index contributed by atoms with van der Waals surface area (Å²) in [6.07, 6.45) is 6.36. The van der Waals surface area contributed by atoms with Crippen molar-refractivity contribution in [3.63, 3.8) is 0 Å². The molecule has 0 radical (unpaired) electrons. The van der Waals surface area contributed by atoms with Gasteiger partial charge in [0, 0.05) is 18.5 Å². The molecule has 2 aromatic rings. The first-order valence-electron chi connectivity index (χ1n) is 7.78. The first-order chi connectivity index (χ1) is 11.2. The van der Waals surface area contributed by atoms with Crippen LogP contribution in [-0.4, -0.2) is 29.8 Å². The van der Waals surface area contributed by atoms with Crippen molar-refractivity contribution in [2.75, 3.05) is 19.0 Å². The van der Waals surface area contributed by atoms with Crippen LogP contribution >= 0.6 is 15.9 Å². The Kier molecular flexibility index (Phi) is 5.46. The average Bonchev–Trinajstić information content (AvgIpc) is 3.09. The molecule has 1 aromatic heterocycles. The predicted molar refractivity (Wildman–Crippen MR) is 93.3 cm³/mol. The van der Waals surface area contributed by atoms with Crippen molar-refractivity contribution < 1.29 is 9.47 Å². The van der Waals surface area contributed by atoms with Gasteiger partial charge in [-0.1, -0.05) is 0 Å². The fraction of sp³-hybridized carbons (Fsp3) is 0.412. The van der Waals surface area contributed by atoms with Crippen molar-refractivity contribution >= 4 is 27.6 Å². The number of rotatable bonds is 6. The molecule has 1 N–H and O–H groups in total. The van der Waals surface area contributed by atoms with Crippen molar-refractivity contribution in [1.82, 2.24) is 9.97 Å². The second-order valence-corrected chi connectivity index (χ2v) is 6.37. The largest absolute Gasteiger partial charge is 0.497 e. The van der Waals surface area contributed by atoms with E-state index in [9.17, 15) is 0 Å². The Morgan fingerprint density at radius 2 is 2.17 bits per heavy atom. The van der Waals surface area contributed by atoms with Gasteiger partial charge in [-0.2, -0.15) is 0 Å². The normalized spacial score (nSPS) is 17.2. The summed E-state index contributed by atoms with van der Waals surface area (Å²) in [5.74, 6) is 1.42. The van der Waals surface area contributed by atoms with E-state index in [1.165, 1.54) is 6.42 Å². The number of nitrogens with one attached hydrogen (secondary N) is 1. The Morgan fingerprint density at radius 1 is 1.35 bits per heavy atom. The zero-order valence-corrected chi connectivity index (χ0v) is 14.7. The lowest BCUT2D eigenvalue weighted by Crippen LogP contribution is -2.08. The van der Waals surface area contributed by atoms with Crippen LogP contribution in [-0.2, 0) is 11.2 Å². The van der Waals surface area contributed by atoms with Gasteiger partial charge in [-0.05, 0) is 65.9 Å². The summed E-state index contributed by atoms with van der Waals surface area (Å²) in [4.78, 5) is 8.94. The number of benzene rings is 1. The van der Waals surface area contributed by atoms with Gasteiger partial charge in [0.05, 0.1) is 23.4 Å². The first kappa shape index (κ1) is 16.2. The molecule has 1 aliphatic heterocycles. The third-order valence-electron chi connectivity index (χ3n) is 3.89. The molecule has 1 unspecified atom stereocenters. The highest BCUT2D eigenvalue weighted by molar-refractivity contribution is 9.10. The van der Waals surface area contributed by atoms with E-state index in [0.717, 1.165) is 47.5 Å². The summed E-state index contributed by atoms with van der Waals surface area (Å²) < 4.78 is 11.8. The monoisotopic (exact) mass is 377 g/mol. The van der Waals surface area contributed by atoms with E-state index < -0.39 is 0 Å². The van der Waals surface area contributed by atoms with Gasteiger partial charge >= 0.3 is 0 Å². The molecule has 1 aliphatic rings. The minimum absolute atomic E-state index is 0.370. The SMILES string of the molecule is COc1ccc(Nc2ncc(Br)c(CCC3CCCO3)n2)cc1. The minimum Gasteiger partial charge on any atom is -0.497 e. The summed E-state index contributed by atoms with van der Waals surface area (Å²) in [6, 6.07) is 7.69. The van der Waals surface area contributed by atoms with Gasteiger partial charge in [0.25, 0.3) is 0 Å². The van der Waals surface area contributed by atoms with Gasteiger partial charge in [-0.25, -0.2) is 9.97 Å². The third kappa shape index (κ3) is 4.42. The van der Waals surface area contributed by atoms with Gasteiger partial charge in [-0.3, -0.25) is 0 Å². The summed E-state index contributed by atoms with van der Waals surface area (Å²) in [6.45, 7) is 0.889. The standard InChI is InChI=1S/C17H20BrN3O2/c1-22-13-6-4-12(5-7-13)20-17-19-11-15(18)16(21-17)9-8-14-3-2-10-23-14/h4-7,11,14H,2-3,8-10H2,1H3,(H,19,20,21). The van der Waals surface area contributed by atoms with Crippen molar-refractivity contribution in [1.29, 1.82) is 0 Å². The van der Waals surface area contributed by atoms with Gasteiger partial charge in [-0.15, -0.1) is 0 Å². The maximum atomic E-state index is 5.68. The van der Waals surface area contributed by atoms with Crippen LogP contribution in [0.4, 0.5) is 11.6 Å². The Hall–Kier alpha value is -1.66. The smallest absolute Gasteiger partial charge is 0.227 e. The summed E-state index contributed by atoms with van der Waals surface area (Å²) in [7, 11) is 1.65. The second-order valence-electron chi connectivity index (χ2n) is 5.52. The third-order valence-corrected chi connectivity index (χ3v) is 4.55. The van der Waals surface area contributed by atoms with Gasteiger partial charge in [0.15, 0.2) is 0 Å². The number of halogens is 1. The molecule has 2 heterocycles. The van der Waals surface area contributed by atoms with E-state index in [-0.39, 0.29) is 0 Å². The number of aromatic nitrogens is 2. The van der Waals surface area contributed by atoms with Crippen LogP contribution in [0.5, 0.6) is 5.75 Å². The van der Waals surface area contributed by atoms with Crippen molar-refractivity contribution in [2.24, 2.45) is 0 Å². The number of ether oxygens (including phenoxy) is 2. The van der Waals surface area contributed by atoms with E-state index in [1.54, 1.807) is 13.3 Å². The molecule has 1 fully saturated rings. The van der Waals surface area contributed by atoms with Gasteiger partial charge < -0.3 is 14.8 Å². The zero-order valence-electron chi connectivity index (χ0n) is 13.1. The molecule has 0 spiro atoms. The molecule has 3 rings (SSSR count). The highest BCUT2D eigenvalue weighted by Crippen LogP contribution is 2.23. The van der Waals surface area contributed by atoms with E-state index in [4.69, 9.17) is 9.47 Å². The molecule has 6 heteroatoms. The van der Waals surface area contributed by atoms with Crippen LogP contribution in [0.2, 0.25) is 0 Å². The van der Waals surface area contributed by atoms with Crippen LogP contribution in [0.3, 0.4) is 0 Å². The topological polar surface area (TPSA) is 56.3 Å². The summed E-state index contributed by atoms with van der Waals surface area (Å²) >= 11 is 3.53. The molecular formula is C17H20BrN3O2. The number of aryl methyl sites for hydroxylation is 1. The fourth-order valence-electron chi connectivity index (χ4n) is 2.61. The quantitative estimate of drug-likeness (QED) is 0.820. The molecule has 1 atom stereocenters. The predicted octanol–water partition coefficient (Wildman–Crippen LogP) is 4.10. The maximum Gasteiger partial charge on any atom is 0.227 e. The summed E-state index contributed by atoms with van der Waals surface area (Å²) in [5, 5.41) is 3.22. The average molecular weight is 378 g/mol. The van der Waals surface area contributed by atoms with Crippen LogP contribution in [0, 0.1) is 0 Å². The van der Waals surface area contributed by atoms with E-state index >= 15 is 0 Å². The van der Waals surface area contributed by atoms with Crippen LogP contribution in [0.15, 0.2) is 34.9 Å². The highest BCUT2D eigenvalue weighted by Gasteiger charge is 2.16. The molecule has 0 aliphatic carbocycles. The van der Waals surface area contributed by atoms with Gasteiger partial charge in [0.2, 0.25) is 5.95 Å². The molecule has 122 valence electrons. The molecule has 0 amide bonds. The van der Waals surface area contributed by atoms with Crippen molar-refractivity contribution in [3.8, 4) is 5.75 Å². The highest BCUT2D eigenvalue weighted by atomic mass is 79.9. The number of anilines is 2. The molecule has 1 saturated heterocycles. The Bertz CT molecular complexity index is 643. The molecule has 0 bridgehead atoms. The van der Waals surface area contributed by atoms with Crippen LogP contribution < -0.4 is 10.1 Å². The number of hydrogen-bond donors (Lipinski definition) is 1. The van der Waals surface area contributed by atoms with E-state index in [0.29, 0.717) is 12.1 Å². The van der Waals surface area contributed by atoms with Crippen molar-refractivity contribution in [2.45, 2.75) is 31.8 Å². The summed E-state index contributed by atoms with van der Waals surface area (Å²) in [5.41, 5.74) is 1.93. The van der Waals surface area contributed by atoms with Crippen LogP contribution in [0.25, 0.3) is 0 Å². The molecule has 23 heavy (non-hydrogen) atoms. The Morgan fingerprint density at radius 3 is 2.87 bits per heavy atom. The lowest BCUT2D eigenvalue weighted by molar-refractivity contribution is 0.104. The molecule has 0 saturated carbocycles. The first-order valence-corrected chi connectivity index (χ1v) is 8.58. The van der Waals surface area contributed by atoms with E-state index in [1.807, 2.05) is 24.3 Å². The molecular weight excluding hydrogens is 358 g/mol. The Balaban J connectivity index is 1.65. The Labute approximate surface area is 144 Å².